The van der Waals surface area contributed by atoms with Gasteiger partial charge in [-0.15, -0.1) is 0 Å². The lowest BCUT2D eigenvalue weighted by Gasteiger charge is -2.35. The maximum Gasteiger partial charge on any atom is 0.0410 e. The predicted octanol–water partition coefficient (Wildman–Crippen LogP) is 3.39. The van der Waals surface area contributed by atoms with Crippen molar-refractivity contribution in [1.29, 1.82) is 0 Å². The highest BCUT2D eigenvalue weighted by Crippen LogP contribution is 2.34. The van der Waals surface area contributed by atoms with Gasteiger partial charge in [0.05, 0.1) is 0 Å². The number of hydrogen-bond acceptors (Lipinski definition) is 2. The SMILES string of the molecule is Brc1cncc(C2=C[C@H]3NCCC[C@H]3CC2)c1. The Kier molecular flexibility index (Phi) is 3.30. The summed E-state index contributed by atoms with van der Waals surface area (Å²) >= 11 is 3.49. The summed E-state index contributed by atoms with van der Waals surface area (Å²) in [6, 6.07) is 2.76. The normalized spacial score (nSPS) is 28.4. The Balaban J connectivity index is 1.86. The minimum absolute atomic E-state index is 0.589. The molecule has 1 saturated heterocycles. The van der Waals surface area contributed by atoms with E-state index in [0.717, 1.165) is 10.4 Å². The fourth-order valence-electron chi connectivity index (χ4n) is 2.97. The first-order valence-electron chi connectivity index (χ1n) is 6.38. The highest BCUT2D eigenvalue weighted by atomic mass is 79.9. The molecule has 0 unspecified atom stereocenters. The molecule has 3 rings (SSSR count). The Bertz CT molecular complexity index is 442. The molecule has 17 heavy (non-hydrogen) atoms. The maximum atomic E-state index is 4.26. The minimum atomic E-state index is 0.589. The number of hydrogen-bond donors (Lipinski definition) is 1. The first kappa shape index (κ1) is 11.4. The molecule has 90 valence electrons. The van der Waals surface area contributed by atoms with E-state index in [1.165, 1.54) is 43.4 Å². The van der Waals surface area contributed by atoms with Crippen molar-refractivity contribution in [2.45, 2.75) is 31.7 Å². The van der Waals surface area contributed by atoms with Crippen LogP contribution < -0.4 is 5.32 Å². The van der Waals surface area contributed by atoms with E-state index in [0.29, 0.717) is 6.04 Å². The maximum absolute atomic E-state index is 4.26. The van der Waals surface area contributed by atoms with Crippen molar-refractivity contribution < 1.29 is 0 Å². The second-order valence-electron chi connectivity index (χ2n) is 5.00. The van der Waals surface area contributed by atoms with Gasteiger partial charge in [0.25, 0.3) is 0 Å². The van der Waals surface area contributed by atoms with Crippen LogP contribution in [0.4, 0.5) is 0 Å². The van der Waals surface area contributed by atoms with E-state index in [1.807, 2.05) is 12.4 Å². The molecule has 2 atom stereocenters. The first-order chi connectivity index (χ1) is 8.33. The second-order valence-corrected chi connectivity index (χ2v) is 5.92. The van der Waals surface area contributed by atoms with Gasteiger partial charge < -0.3 is 5.32 Å². The Labute approximate surface area is 111 Å². The van der Waals surface area contributed by atoms with Crippen molar-refractivity contribution in [3.63, 3.8) is 0 Å². The molecule has 2 heterocycles. The quantitative estimate of drug-likeness (QED) is 0.858. The molecule has 2 aliphatic rings. The van der Waals surface area contributed by atoms with Crippen molar-refractivity contribution in [2.75, 3.05) is 6.54 Å². The zero-order valence-corrected chi connectivity index (χ0v) is 11.4. The van der Waals surface area contributed by atoms with E-state index in [9.17, 15) is 0 Å². The van der Waals surface area contributed by atoms with Crippen LogP contribution in [0.1, 0.15) is 31.2 Å². The molecule has 1 aliphatic heterocycles. The minimum Gasteiger partial charge on any atom is -0.310 e. The van der Waals surface area contributed by atoms with E-state index in [4.69, 9.17) is 0 Å². The Morgan fingerprint density at radius 1 is 1.29 bits per heavy atom. The third-order valence-electron chi connectivity index (χ3n) is 3.88. The van der Waals surface area contributed by atoms with Crippen molar-refractivity contribution in [1.82, 2.24) is 10.3 Å². The molecule has 1 aromatic rings. The van der Waals surface area contributed by atoms with Gasteiger partial charge in [0.15, 0.2) is 0 Å². The Morgan fingerprint density at radius 3 is 3.12 bits per heavy atom. The van der Waals surface area contributed by atoms with Crippen molar-refractivity contribution >= 4 is 21.5 Å². The molecule has 0 amide bonds. The van der Waals surface area contributed by atoms with Crippen molar-refractivity contribution in [2.24, 2.45) is 5.92 Å². The number of aromatic nitrogens is 1. The van der Waals surface area contributed by atoms with Crippen LogP contribution in [0.5, 0.6) is 0 Å². The van der Waals surface area contributed by atoms with Crippen molar-refractivity contribution in [3.05, 3.63) is 34.6 Å². The molecule has 1 aliphatic carbocycles. The molecule has 0 aromatic carbocycles. The summed E-state index contributed by atoms with van der Waals surface area (Å²) in [5.41, 5.74) is 2.72. The molecule has 0 bridgehead atoms. The van der Waals surface area contributed by atoms with Crippen LogP contribution in [0.3, 0.4) is 0 Å². The van der Waals surface area contributed by atoms with Gasteiger partial charge in [0.1, 0.15) is 0 Å². The molecule has 1 aromatic heterocycles. The number of rotatable bonds is 1. The number of allylic oxidation sites excluding steroid dienone is 1. The van der Waals surface area contributed by atoms with Gasteiger partial charge in [-0.1, -0.05) is 6.08 Å². The smallest absolute Gasteiger partial charge is 0.0410 e. The van der Waals surface area contributed by atoms with Gasteiger partial charge in [-0.25, -0.2) is 0 Å². The fourth-order valence-corrected chi connectivity index (χ4v) is 3.33. The van der Waals surface area contributed by atoms with E-state index in [2.05, 4.69) is 38.4 Å². The van der Waals surface area contributed by atoms with Crippen molar-refractivity contribution in [3.8, 4) is 0 Å². The van der Waals surface area contributed by atoms with Gasteiger partial charge in [-0.05, 0) is 71.3 Å². The molecule has 2 nitrogen and oxygen atoms in total. The van der Waals surface area contributed by atoms with Crippen LogP contribution in [0.25, 0.3) is 5.57 Å². The second kappa shape index (κ2) is 4.91. The summed E-state index contributed by atoms with van der Waals surface area (Å²) < 4.78 is 1.06. The number of nitrogens with one attached hydrogen (secondary N) is 1. The Hall–Kier alpha value is -0.670. The summed E-state index contributed by atoms with van der Waals surface area (Å²) in [5.74, 6) is 0.854. The summed E-state index contributed by atoms with van der Waals surface area (Å²) in [6.07, 6.45) is 11.5. The van der Waals surface area contributed by atoms with Crippen LogP contribution in [-0.2, 0) is 0 Å². The molecular formula is C14H17BrN2. The topological polar surface area (TPSA) is 24.9 Å². The summed E-state index contributed by atoms with van der Waals surface area (Å²) in [6.45, 7) is 1.17. The number of pyridine rings is 1. The largest absolute Gasteiger partial charge is 0.310 e. The van der Waals surface area contributed by atoms with Crippen LogP contribution in [0.2, 0.25) is 0 Å². The highest BCUT2D eigenvalue weighted by Gasteiger charge is 2.27. The third kappa shape index (κ3) is 2.45. The number of halogens is 1. The van der Waals surface area contributed by atoms with Gasteiger partial charge >= 0.3 is 0 Å². The lowest BCUT2D eigenvalue weighted by Crippen LogP contribution is -2.41. The van der Waals surface area contributed by atoms with Gasteiger partial charge in [0, 0.05) is 22.9 Å². The summed E-state index contributed by atoms with van der Waals surface area (Å²) in [5, 5.41) is 3.63. The third-order valence-corrected chi connectivity index (χ3v) is 4.31. The Morgan fingerprint density at radius 2 is 2.24 bits per heavy atom. The monoisotopic (exact) mass is 292 g/mol. The van der Waals surface area contributed by atoms with E-state index in [-0.39, 0.29) is 0 Å². The molecule has 1 N–H and O–H groups in total. The average Bonchev–Trinajstić information content (AvgIpc) is 2.38. The highest BCUT2D eigenvalue weighted by molar-refractivity contribution is 9.10. The number of piperidine rings is 1. The molecule has 0 saturated carbocycles. The number of fused-ring (bicyclic) bond motifs is 1. The van der Waals surface area contributed by atoms with Gasteiger partial charge in [-0.3, -0.25) is 4.98 Å². The first-order valence-corrected chi connectivity index (χ1v) is 7.17. The standard InChI is InChI=1S/C14H17BrN2/c15-13-6-12(8-16-9-13)11-4-3-10-2-1-5-17-14(10)7-11/h6-10,14,17H,1-5H2/t10-,14+/m0/s1. The van der Waals surface area contributed by atoms with E-state index in [1.54, 1.807) is 0 Å². The average molecular weight is 293 g/mol. The fraction of sp³-hybridized carbons (Fsp3) is 0.500. The number of nitrogens with zero attached hydrogens (tertiary/aromatic N) is 1. The van der Waals surface area contributed by atoms with Crippen LogP contribution in [0, 0.1) is 5.92 Å². The van der Waals surface area contributed by atoms with Crippen LogP contribution in [0.15, 0.2) is 29.0 Å². The summed E-state index contributed by atoms with van der Waals surface area (Å²) in [7, 11) is 0. The van der Waals surface area contributed by atoms with E-state index >= 15 is 0 Å². The molecular weight excluding hydrogens is 276 g/mol. The zero-order chi connectivity index (χ0) is 11.7. The van der Waals surface area contributed by atoms with Gasteiger partial charge in [0.2, 0.25) is 0 Å². The van der Waals surface area contributed by atoms with Gasteiger partial charge in [-0.2, -0.15) is 0 Å². The molecule has 3 heteroatoms. The van der Waals surface area contributed by atoms with Crippen LogP contribution >= 0.6 is 15.9 Å². The molecule has 0 radical (unpaired) electrons. The predicted molar refractivity (Wildman–Crippen MR) is 73.7 cm³/mol. The lowest BCUT2D eigenvalue weighted by molar-refractivity contribution is 0.298. The summed E-state index contributed by atoms with van der Waals surface area (Å²) in [4.78, 5) is 4.26. The molecule has 0 spiro atoms. The molecule has 1 fully saturated rings. The van der Waals surface area contributed by atoms with E-state index < -0.39 is 0 Å². The zero-order valence-electron chi connectivity index (χ0n) is 9.82. The lowest BCUT2D eigenvalue weighted by atomic mass is 9.79. The van der Waals surface area contributed by atoms with Crippen LogP contribution in [-0.4, -0.2) is 17.6 Å².